The molecular weight excluding hydrogens is 238 g/mol. The third-order valence-electron chi connectivity index (χ3n) is 2.33. The maximum absolute atomic E-state index is 10.9. The van der Waals surface area contributed by atoms with E-state index < -0.39 is 10.8 Å². The second-order valence-corrected chi connectivity index (χ2v) is 6.24. The highest BCUT2D eigenvalue weighted by atomic mass is 33.1. The Hall–Kier alpha value is -0.430. The molecule has 0 aliphatic carbocycles. The topological polar surface area (TPSA) is 80.4 Å². The van der Waals surface area contributed by atoms with Crippen molar-refractivity contribution in [2.75, 3.05) is 5.75 Å². The van der Waals surface area contributed by atoms with Gasteiger partial charge in [-0.1, -0.05) is 10.8 Å². The molecule has 7 heteroatoms. The van der Waals surface area contributed by atoms with E-state index in [0.29, 0.717) is 25.7 Å². The van der Waals surface area contributed by atoms with Crippen LogP contribution in [0, 0.1) is 10.1 Å². The van der Waals surface area contributed by atoms with Crippen LogP contribution in [-0.4, -0.2) is 26.6 Å². The van der Waals surface area contributed by atoms with Gasteiger partial charge in [-0.3, -0.25) is 14.9 Å². The normalized spacial score (nSPS) is 25.3. The van der Waals surface area contributed by atoms with Gasteiger partial charge in [-0.15, -0.1) is 0 Å². The van der Waals surface area contributed by atoms with Gasteiger partial charge in [0.25, 0.3) is 4.87 Å². The lowest BCUT2D eigenvalue weighted by atomic mass is 10.1. The predicted molar refractivity (Wildman–Crippen MR) is 60.5 cm³/mol. The smallest absolute Gasteiger partial charge is 0.303 e. The van der Waals surface area contributed by atoms with Gasteiger partial charge in [-0.25, -0.2) is 0 Å². The van der Waals surface area contributed by atoms with Gasteiger partial charge in [0.15, 0.2) is 0 Å². The first kappa shape index (κ1) is 12.6. The van der Waals surface area contributed by atoms with Crippen molar-refractivity contribution in [2.45, 2.75) is 37.0 Å². The number of hydrogen-bond donors (Lipinski definition) is 1. The average molecular weight is 251 g/mol. The molecule has 0 amide bonds. The minimum atomic E-state index is -0.858. The van der Waals surface area contributed by atoms with E-state index in [1.54, 1.807) is 0 Å². The third kappa shape index (κ3) is 3.57. The first-order valence-corrected chi connectivity index (χ1v) is 7.06. The minimum Gasteiger partial charge on any atom is -0.481 e. The van der Waals surface area contributed by atoms with Crippen LogP contribution in [0.25, 0.3) is 0 Å². The van der Waals surface area contributed by atoms with Gasteiger partial charge in [0.2, 0.25) is 0 Å². The van der Waals surface area contributed by atoms with E-state index in [-0.39, 0.29) is 11.3 Å². The Balaban J connectivity index is 2.33. The van der Waals surface area contributed by atoms with Crippen molar-refractivity contribution in [2.24, 2.45) is 0 Å². The summed E-state index contributed by atoms with van der Waals surface area (Å²) >= 11 is 0. The number of carboxylic acids is 1. The molecule has 0 aromatic rings. The standard InChI is InChI=1S/C8H13NO4S2/c10-7(11)3-1-2-4-8(9(12)13)5-6-14-15-8/h1-6H2,(H,10,11). The monoisotopic (exact) mass is 251 g/mol. The van der Waals surface area contributed by atoms with Crippen LogP contribution in [0.15, 0.2) is 0 Å². The second kappa shape index (κ2) is 5.60. The van der Waals surface area contributed by atoms with E-state index in [9.17, 15) is 14.9 Å². The first-order valence-electron chi connectivity index (χ1n) is 4.74. The fraction of sp³-hybridized carbons (Fsp3) is 0.875. The van der Waals surface area contributed by atoms with E-state index in [0.717, 1.165) is 5.75 Å². The molecular formula is C8H13NO4S2. The van der Waals surface area contributed by atoms with Gasteiger partial charge in [0, 0.05) is 29.9 Å². The zero-order chi connectivity index (χ0) is 11.3. The number of nitro groups is 1. The highest BCUT2D eigenvalue weighted by Crippen LogP contribution is 2.49. The van der Waals surface area contributed by atoms with Crippen LogP contribution in [0.4, 0.5) is 0 Å². The summed E-state index contributed by atoms with van der Waals surface area (Å²) in [5.41, 5.74) is 0. The van der Waals surface area contributed by atoms with E-state index in [2.05, 4.69) is 0 Å². The lowest BCUT2D eigenvalue weighted by Crippen LogP contribution is -2.31. The Morgan fingerprint density at radius 2 is 2.27 bits per heavy atom. The van der Waals surface area contributed by atoms with Crippen molar-refractivity contribution in [3.8, 4) is 0 Å². The SMILES string of the molecule is O=C(O)CCCCC1([N+](=O)[O-])CCSS1. The number of aliphatic carboxylic acids is 1. The number of rotatable bonds is 6. The van der Waals surface area contributed by atoms with Gasteiger partial charge < -0.3 is 5.11 Å². The highest BCUT2D eigenvalue weighted by Gasteiger charge is 2.46. The number of unbranched alkanes of at least 4 members (excludes halogenated alkanes) is 1. The summed E-state index contributed by atoms with van der Waals surface area (Å²) in [4.78, 5) is 20.1. The van der Waals surface area contributed by atoms with Gasteiger partial charge in [-0.2, -0.15) is 0 Å². The third-order valence-corrected chi connectivity index (χ3v) is 5.47. The molecule has 0 radical (unpaired) electrons. The number of carbonyl (C=O) groups is 1. The van der Waals surface area contributed by atoms with Crippen LogP contribution in [0.3, 0.4) is 0 Å². The Bertz CT molecular complexity index is 253. The van der Waals surface area contributed by atoms with Crippen molar-refractivity contribution in [1.82, 2.24) is 0 Å². The van der Waals surface area contributed by atoms with Gasteiger partial charge in [-0.05, 0) is 23.6 Å². The summed E-state index contributed by atoms with van der Waals surface area (Å²) in [5.74, 6) is -0.0245. The average Bonchev–Trinajstić information content (AvgIpc) is 2.62. The second-order valence-electron chi connectivity index (χ2n) is 3.46. The molecule has 15 heavy (non-hydrogen) atoms. The lowest BCUT2D eigenvalue weighted by Gasteiger charge is -2.17. The van der Waals surface area contributed by atoms with E-state index in [1.165, 1.54) is 21.6 Å². The van der Waals surface area contributed by atoms with E-state index >= 15 is 0 Å². The number of nitrogens with zero attached hydrogens (tertiary/aromatic N) is 1. The highest BCUT2D eigenvalue weighted by molar-refractivity contribution is 8.77. The molecule has 0 spiro atoms. The molecule has 1 saturated heterocycles. The molecule has 1 heterocycles. The zero-order valence-electron chi connectivity index (χ0n) is 8.18. The minimum absolute atomic E-state index is 0.103. The quantitative estimate of drug-likeness (QED) is 0.338. The van der Waals surface area contributed by atoms with Crippen molar-refractivity contribution >= 4 is 27.6 Å². The molecule has 86 valence electrons. The van der Waals surface area contributed by atoms with Gasteiger partial charge >= 0.3 is 5.97 Å². The predicted octanol–water partition coefficient (Wildman–Crippen LogP) is 2.39. The molecule has 1 unspecified atom stereocenters. The molecule has 1 rings (SSSR count). The number of hydrogen-bond acceptors (Lipinski definition) is 5. The van der Waals surface area contributed by atoms with Gasteiger partial charge in [0.05, 0.1) is 0 Å². The van der Waals surface area contributed by atoms with Crippen molar-refractivity contribution in [1.29, 1.82) is 0 Å². The molecule has 1 fully saturated rings. The maximum atomic E-state index is 10.9. The summed E-state index contributed by atoms with van der Waals surface area (Å²) in [5, 5.41) is 19.3. The lowest BCUT2D eigenvalue weighted by molar-refractivity contribution is -0.538. The van der Waals surface area contributed by atoms with Crippen LogP contribution in [0.1, 0.15) is 32.1 Å². The largest absolute Gasteiger partial charge is 0.481 e. The molecule has 1 atom stereocenters. The van der Waals surface area contributed by atoms with Crippen LogP contribution < -0.4 is 0 Å². The maximum Gasteiger partial charge on any atom is 0.303 e. The summed E-state index contributed by atoms with van der Waals surface area (Å²) in [6.45, 7) is 0. The summed E-state index contributed by atoms with van der Waals surface area (Å²) in [7, 11) is 2.86. The van der Waals surface area contributed by atoms with Crippen molar-refractivity contribution in [3.05, 3.63) is 10.1 Å². The van der Waals surface area contributed by atoms with Crippen molar-refractivity contribution in [3.63, 3.8) is 0 Å². The first-order chi connectivity index (χ1) is 7.07. The molecule has 0 saturated carbocycles. The summed E-state index contributed by atoms with van der Waals surface area (Å²) in [6.07, 6.45) is 2.30. The van der Waals surface area contributed by atoms with Crippen molar-refractivity contribution < 1.29 is 14.8 Å². The van der Waals surface area contributed by atoms with E-state index in [1.807, 2.05) is 0 Å². The van der Waals surface area contributed by atoms with E-state index in [4.69, 9.17) is 5.11 Å². The molecule has 0 aromatic heterocycles. The number of carboxylic acid groups (broad SMARTS) is 1. The van der Waals surface area contributed by atoms with Crippen LogP contribution >= 0.6 is 21.6 Å². The molecule has 1 aliphatic rings. The Kier molecular flexibility index (Phi) is 4.72. The Labute approximate surface area is 95.5 Å². The molecule has 5 nitrogen and oxygen atoms in total. The molecule has 1 N–H and O–H groups in total. The molecule has 1 aliphatic heterocycles. The fourth-order valence-corrected chi connectivity index (χ4v) is 4.62. The summed E-state index contributed by atoms with van der Waals surface area (Å²) < 4.78 is 0. The fourth-order valence-electron chi connectivity index (χ4n) is 1.45. The molecule has 0 bridgehead atoms. The Morgan fingerprint density at radius 3 is 2.73 bits per heavy atom. The summed E-state index contributed by atoms with van der Waals surface area (Å²) in [6, 6.07) is 0. The molecule has 0 aromatic carbocycles. The van der Waals surface area contributed by atoms with Crippen LogP contribution in [0.2, 0.25) is 0 Å². The zero-order valence-corrected chi connectivity index (χ0v) is 9.81. The van der Waals surface area contributed by atoms with Crippen LogP contribution in [-0.2, 0) is 4.79 Å². The van der Waals surface area contributed by atoms with Gasteiger partial charge in [0.1, 0.15) is 0 Å². The van der Waals surface area contributed by atoms with Crippen LogP contribution in [0.5, 0.6) is 0 Å². The Morgan fingerprint density at radius 1 is 1.53 bits per heavy atom.